The van der Waals surface area contributed by atoms with Gasteiger partial charge in [0.15, 0.2) is 5.79 Å². The first kappa shape index (κ1) is 13.8. The molecule has 1 heterocycles. The summed E-state index contributed by atoms with van der Waals surface area (Å²) >= 11 is 0. The summed E-state index contributed by atoms with van der Waals surface area (Å²) in [7, 11) is 0. The molecular formula is C17H23NO2. The van der Waals surface area contributed by atoms with Crippen LogP contribution in [0.5, 0.6) is 0 Å². The molecule has 0 aromatic heterocycles. The van der Waals surface area contributed by atoms with Crippen molar-refractivity contribution >= 4 is 5.71 Å². The van der Waals surface area contributed by atoms with Gasteiger partial charge in [0.1, 0.15) is 0 Å². The minimum atomic E-state index is -0.311. The lowest BCUT2D eigenvalue weighted by Gasteiger charge is -2.36. The van der Waals surface area contributed by atoms with Crippen molar-refractivity contribution in [2.45, 2.75) is 44.9 Å². The minimum absolute atomic E-state index is 0.230. The molecule has 3 nitrogen and oxygen atoms in total. The number of nitrogens with zero attached hydrogens (tertiary/aromatic N) is 1. The first-order chi connectivity index (χ1) is 9.69. The standard InChI is InChI=1S/C17H23NO2/c1-13-12-17(19-10-11-20-17)9-8-16(13)18-14(2)15-6-4-3-5-7-15/h3-7,13-14H,8-12H2,1-2H3/b18-16+/t13?,14-/m1/s1. The highest BCUT2D eigenvalue weighted by molar-refractivity contribution is 5.87. The first-order valence-electron chi connectivity index (χ1n) is 7.58. The van der Waals surface area contributed by atoms with Crippen molar-refractivity contribution in [2.75, 3.05) is 13.2 Å². The van der Waals surface area contributed by atoms with Crippen LogP contribution in [0.25, 0.3) is 0 Å². The second-order valence-corrected chi connectivity index (χ2v) is 5.92. The lowest BCUT2D eigenvalue weighted by molar-refractivity contribution is -0.173. The molecule has 2 fully saturated rings. The molecule has 1 spiro atoms. The summed E-state index contributed by atoms with van der Waals surface area (Å²) in [6.45, 7) is 5.88. The molecule has 0 N–H and O–H groups in total. The van der Waals surface area contributed by atoms with Crippen molar-refractivity contribution in [3.05, 3.63) is 35.9 Å². The predicted molar refractivity (Wildman–Crippen MR) is 79.9 cm³/mol. The first-order valence-corrected chi connectivity index (χ1v) is 7.58. The summed E-state index contributed by atoms with van der Waals surface area (Å²) in [5, 5.41) is 0. The van der Waals surface area contributed by atoms with Gasteiger partial charge < -0.3 is 9.47 Å². The Hall–Kier alpha value is -1.19. The number of aliphatic imine (C=N–C) groups is 1. The quantitative estimate of drug-likeness (QED) is 0.821. The van der Waals surface area contributed by atoms with E-state index < -0.39 is 0 Å². The van der Waals surface area contributed by atoms with Gasteiger partial charge in [0, 0.05) is 18.6 Å². The summed E-state index contributed by atoms with van der Waals surface area (Å²) < 4.78 is 11.6. The van der Waals surface area contributed by atoms with Crippen LogP contribution >= 0.6 is 0 Å². The van der Waals surface area contributed by atoms with Crippen molar-refractivity contribution in [2.24, 2.45) is 10.9 Å². The summed E-state index contributed by atoms with van der Waals surface area (Å²) in [6, 6.07) is 10.7. The minimum Gasteiger partial charge on any atom is -0.347 e. The highest BCUT2D eigenvalue weighted by atomic mass is 16.7. The Labute approximate surface area is 121 Å². The van der Waals surface area contributed by atoms with Crippen LogP contribution in [-0.4, -0.2) is 24.7 Å². The molecule has 2 aliphatic rings. The molecule has 2 atom stereocenters. The van der Waals surface area contributed by atoms with Crippen molar-refractivity contribution in [1.82, 2.24) is 0 Å². The predicted octanol–water partition coefficient (Wildman–Crippen LogP) is 3.75. The lowest BCUT2D eigenvalue weighted by Crippen LogP contribution is -2.39. The molecule has 1 aromatic carbocycles. The van der Waals surface area contributed by atoms with Crippen molar-refractivity contribution < 1.29 is 9.47 Å². The van der Waals surface area contributed by atoms with E-state index >= 15 is 0 Å². The van der Waals surface area contributed by atoms with Crippen LogP contribution in [0.4, 0.5) is 0 Å². The molecule has 1 unspecified atom stereocenters. The molecule has 3 rings (SSSR count). The van der Waals surface area contributed by atoms with Gasteiger partial charge in [-0.3, -0.25) is 4.99 Å². The molecule has 1 saturated carbocycles. The van der Waals surface area contributed by atoms with Gasteiger partial charge in [-0.15, -0.1) is 0 Å². The highest BCUT2D eigenvalue weighted by Crippen LogP contribution is 2.38. The van der Waals surface area contributed by atoms with Crippen LogP contribution in [0, 0.1) is 5.92 Å². The van der Waals surface area contributed by atoms with E-state index in [0.717, 1.165) is 32.5 Å². The Morgan fingerprint density at radius 2 is 1.90 bits per heavy atom. The Balaban J connectivity index is 1.70. The van der Waals surface area contributed by atoms with Crippen molar-refractivity contribution in [1.29, 1.82) is 0 Å². The average Bonchev–Trinajstić information content (AvgIpc) is 2.91. The normalized spacial score (nSPS) is 28.9. The van der Waals surface area contributed by atoms with Gasteiger partial charge in [-0.2, -0.15) is 0 Å². The molecule has 1 aromatic rings. The highest BCUT2D eigenvalue weighted by Gasteiger charge is 2.42. The number of hydrogen-bond donors (Lipinski definition) is 0. The fourth-order valence-electron chi connectivity index (χ4n) is 3.26. The smallest absolute Gasteiger partial charge is 0.169 e. The van der Waals surface area contributed by atoms with Gasteiger partial charge in [0.05, 0.1) is 19.3 Å². The molecule has 0 amide bonds. The van der Waals surface area contributed by atoms with Gasteiger partial charge in [-0.25, -0.2) is 0 Å². The third kappa shape index (κ3) is 2.79. The maximum Gasteiger partial charge on any atom is 0.169 e. The number of benzene rings is 1. The molecule has 108 valence electrons. The van der Waals surface area contributed by atoms with E-state index in [1.54, 1.807) is 0 Å². The second-order valence-electron chi connectivity index (χ2n) is 5.92. The Morgan fingerprint density at radius 1 is 1.20 bits per heavy atom. The monoisotopic (exact) mass is 273 g/mol. The van der Waals surface area contributed by atoms with E-state index in [0.29, 0.717) is 5.92 Å². The van der Waals surface area contributed by atoms with E-state index in [2.05, 4.69) is 38.1 Å². The fourth-order valence-corrected chi connectivity index (χ4v) is 3.26. The zero-order valence-electron chi connectivity index (χ0n) is 12.3. The number of rotatable bonds is 2. The maximum atomic E-state index is 5.81. The molecule has 3 heteroatoms. The Kier molecular flexibility index (Phi) is 3.90. The van der Waals surface area contributed by atoms with E-state index in [-0.39, 0.29) is 11.8 Å². The summed E-state index contributed by atoms with van der Waals surface area (Å²) in [6.07, 6.45) is 2.86. The van der Waals surface area contributed by atoms with Crippen LogP contribution in [0.1, 0.15) is 44.7 Å². The number of hydrogen-bond acceptors (Lipinski definition) is 3. The zero-order valence-corrected chi connectivity index (χ0v) is 12.3. The average molecular weight is 273 g/mol. The fraction of sp³-hybridized carbons (Fsp3) is 0.588. The van der Waals surface area contributed by atoms with Crippen LogP contribution < -0.4 is 0 Å². The molecular weight excluding hydrogens is 250 g/mol. The van der Waals surface area contributed by atoms with Gasteiger partial charge in [0.2, 0.25) is 0 Å². The van der Waals surface area contributed by atoms with E-state index in [1.165, 1.54) is 11.3 Å². The SMILES string of the molecule is CC1CC2(CC/C1=N\[C@H](C)c1ccccc1)OCCO2. The second kappa shape index (κ2) is 5.66. The molecule has 20 heavy (non-hydrogen) atoms. The van der Waals surface area contributed by atoms with Crippen LogP contribution in [0.2, 0.25) is 0 Å². The largest absolute Gasteiger partial charge is 0.347 e. The molecule has 1 aliphatic heterocycles. The van der Waals surface area contributed by atoms with Crippen molar-refractivity contribution in [3.63, 3.8) is 0 Å². The van der Waals surface area contributed by atoms with Crippen LogP contribution in [0.15, 0.2) is 35.3 Å². The third-order valence-electron chi connectivity index (χ3n) is 4.40. The molecule has 0 bridgehead atoms. The maximum absolute atomic E-state index is 5.81. The van der Waals surface area contributed by atoms with Crippen LogP contribution in [0.3, 0.4) is 0 Å². The lowest BCUT2D eigenvalue weighted by atomic mass is 9.84. The topological polar surface area (TPSA) is 30.8 Å². The van der Waals surface area contributed by atoms with Gasteiger partial charge in [-0.1, -0.05) is 37.3 Å². The Bertz CT molecular complexity index is 477. The summed E-state index contributed by atoms with van der Waals surface area (Å²) in [4.78, 5) is 4.95. The van der Waals surface area contributed by atoms with E-state index in [9.17, 15) is 0 Å². The summed E-state index contributed by atoms with van der Waals surface area (Å²) in [5.41, 5.74) is 2.59. The summed E-state index contributed by atoms with van der Waals surface area (Å²) in [5.74, 6) is 0.127. The number of ether oxygens (including phenoxy) is 2. The molecule has 1 aliphatic carbocycles. The van der Waals surface area contributed by atoms with Crippen LogP contribution in [-0.2, 0) is 9.47 Å². The van der Waals surface area contributed by atoms with Gasteiger partial charge in [0.25, 0.3) is 0 Å². The molecule has 1 saturated heterocycles. The molecule has 0 radical (unpaired) electrons. The Morgan fingerprint density at radius 3 is 2.55 bits per heavy atom. The third-order valence-corrected chi connectivity index (χ3v) is 4.40. The van der Waals surface area contributed by atoms with E-state index in [4.69, 9.17) is 14.5 Å². The van der Waals surface area contributed by atoms with Crippen molar-refractivity contribution in [3.8, 4) is 0 Å². The van der Waals surface area contributed by atoms with E-state index in [1.807, 2.05) is 6.07 Å². The van der Waals surface area contributed by atoms with Gasteiger partial charge >= 0.3 is 0 Å². The van der Waals surface area contributed by atoms with Gasteiger partial charge in [-0.05, 0) is 24.8 Å². The zero-order chi connectivity index (χ0) is 14.0.